The number of nitrogens with zero attached hydrogens (tertiary/aromatic N) is 2. The van der Waals surface area contributed by atoms with Crippen LogP contribution in [0, 0.1) is 0 Å². The molecule has 0 aliphatic carbocycles. The summed E-state index contributed by atoms with van der Waals surface area (Å²) in [5.74, 6) is 0.0234. The highest BCUT2D eigenvalue weighted by Gasteiger charge is 2.34. The van der Waals surface area contributed by atoms with Crippen molar-refractivity contribution in [3.8, 4) is 16.9 Å². The van der Waals surface area contributed by atoms with Gasteiger partial charge in [0.1, 0.15) is 11.8 Å². The number of thiol groups is 1. The lowest BCUT2D eigenvalue weighted by atomic mass is 10.1. The summed E-state index contributed by atoms with van der Waals surface area (Å²) in [5, 5.41) is 0. The van der Waals surface area contributed by atoms with Crippen LogP contribution in [0.25, 0.3) is 11.1 Å². The molecule has 10 heteroatoms. The molecule has 2 N–H and O–H groups in total. The van der Waals surface area contributed by atoms with Crippen molar-refractivity contribution >= 4 is 28.6 Å². The molecule has 0 aromatic heterocycles. The van der Waals surface area contributed by atoms with Crippen molar-refractivity contribution in [1.82, 2.24) is 9.21 Å². The third kappa shape index (κ3) is 5.81. The van der Waals surface area contributed by atoms with Crippen LogP contribution in [0.1, 0.15) is 0 Å². The highest BCUT2D eigenvalue weighted by Crippen LogP contribution is 2.26. The molecule has 3 rings (SSSR count). The lowest BCUT2D eigenvalue weighted by Gasteiger charge is -2.32. The van der Waals surface area contributed by atoms with Crippen molar-refractivity contribution in [2.24, 2.45) is 5.73 Å². The predicted molar refractivity (Wildman–Crippen MR) is 126 cm³/mol. The normalized spacial score (nSPS) is 16.1. The van der Waals surface area contributed by atoms with E-state index in [4.69, 9.17) is 15.2 Å². The van der Waals surface area contributed by atoms with Gasteiger partial charge in [0.05, 0.1) is 25.2 Å². The third-order valence-electron chi connectivity index (χ3n) is 5.47. The molecule has 0 saturated carbocycles. The second-order valence-corrected chi connectivity index (χ2v) is 9.68. The first-order valence-electron chi connectivity index (χ1n) is 10.3. The number of carbonyl (C=O) groups excluding carboxylic acids is 1. The van der Waals surface area contributed by atoms with Gasteiger partial charge in [-0.1, -0.05) is 24.3 Å². The Labute approximate surface area is 194 Å². The van der Waals surface area contributed by atoms with Crippen LogP contribution < -0.4 is 10.5 Å². The predicted octanol–water partition coefficient (Wildman–Crippen LogP) is 1.47. The highest BCUT2D eigenvalue weighted by molar-refractivity contribution is 7.89. The van der Waals surface area contributed by atoms with Gasteiger partial charge in [-0.25, -0.2) is 8.42 Å². The molecule has 0 spiro atoms. The Morgan fingerprint density at radius 3 is 2.19 bits per heavy atom. The summed E-state index contributed by atoms with van der Waals surface area (Å²) in [6.45, 7) is 3.25. The topological polar surface area (TPSA) is 102 Å². The van der Waals surface area contributed by atoms with E-state index in [-0.39, 0.29) is 17.2 Å². The number of rotatable bonds is 10. The van der Waals surface area contributed by atoms with Crippen LogP contribution in [0.4, 0.5) is 0 Å². The van der Waals surface area contributed by atoms with Crippen molar-refractivity contribution < 1.29 is 22.7 Å². The summed E-state index contributed by atoms with van der Waals surface area (Å²) in [7, 11) is -2.36. The number of amides is 1. The monoisotopic (exact) mass is 479 g/mol. The van der Waals surface area contributed by atoms with E-state index in [1.165, 1.54) is 4.31 Å². The Morgan fingerprint density at radius 2 is 1.69 bits per heavy atom. The quantitative estimate of drug-likeness (QED) is 0.501. The Bertz CT molecular complexity index is 991. The summed E-state index contributed by atoms with van der Waals surface area (Å²) < 4.78 is 38.6. The van der Waals surface area contributed by atoms with Crippen molar-refractivity contribution in [2.45, 2.75) is 10.9 Å². The lowest BCUT2D eigenvalue weighted by molar-refractivity contribution is -0.121. The summed E-state index contributed by atoms with van der Waals surface area (Å²) in [6.07, 6.45) is 0. The smallest absolute Gasteiger partial charge is 0.243 e. The Kier molecular flexibility index (Phi) is 8.55. The maximum absolute atomic E-state index is 13.5. The van der Waals surface area contributed by atoms with E-state index >= 15 is 0 Å². The number of ether oxygens (including phenoxy) is 2. The molecule has 0 radical (unpaired) electrons. The van der Waals surface area contributed by atoms with E-state index in [2.05, 4.69) is 17.5 Å². The molecule has 1 saturated heterocycles. The van der Waals surface area contributed by atoms with Crippen LogP contribution in [-0.4, -0.2) is 81.8 Å². The molecule has 0 bridgehead atoms. The summed E-state index contributed by atoms with van der Waals surface area (Å²) >= 11 is 4.19. The van der Waals surface area contributed by atoms with Crippen molar-refractivity contribution in [1.29, 1.82) is 0 Å². The second-order valence-electron chi connectivity index (χ2n) is 7.42. The molecule has 2 aromatic rings. The van der Waals surface area contributed by atoms with E-state index < -0.39 is 22.0 Å². The molecule has 1 aliphatic heterocycles. The number of methoxy groups -OCH3 is 1. The molecular weight excluding hydrogens is 450 g/mol. The number of benzene rings is 2. The van der Waals surface area contributed by atoms with Crippen molar-refractivity contribution in [3.63, 3.8) is 0 Å². The van der Waals surface area contributed by atoms with Crippen molar-refractivity contribution in [2.75, 3.05) is 52.3 Å². The van der Waals surface area contributed by atoms with Gasteiger partial charge in [-0.3, -0.25) is 9.69 Å². The van der Waals surface area contributed by atoms with E-state index in [1.807, 2.05) is 24.3 Å². The standard InChI is InChI=1S/C22H29N3O5S2/c1-29-19-6-2-17(3-7-19)18-4-8-20(9-5-18)32(27,28)25(21(16-31)22(23)26)11-10-24-12-14-30-15-13-24/h2-9,21,31H,10-16H2,1H3,(H2,23,26)/t21-/m0/s1. The van der Waals surface area contributed by atoms with E-state index in [1.54, 1.807) is 31.4 Å². The van der Waals surface area contributed by atoms with E-state index in [0.717, 1.165) is 16.9 Å². The van der Waals surface area contributed by atoms with Gasteiger partial charge in [-0.05, 0) is 35.4 Å². The first kappa shape index (κ1) is 24.5. The van der Waals surface area contributed by atoms with E-state index in [9.17, 15) is 13.2 Å². The number of morpholine rings is 1. The van der Waals surface area contributed by atoms with Gasteiger partial charge in [0.25, 0.3) is 0 Å². The third-order valence-corrected chi connectivity index (χ3v) is 7.74. The molecule has 1 amide bonds. The lowest BCUT2D eigenvalue weighted by Crippen LogP contribution is -2.52. The number of hydrogen-bond donors (Lipinski definition) is 2. The highest BCUT2D eigenvalue weighted by atomic mass is 32.2. The first-order valence-corrected chi connectivity index (χ1v) is 12.4. The van der Waals surface area contributed by atoms with Gasteiger partial charge in [0.2, 0.25) is 15.9 Å². The Balaban J connectivity index is 1.84. The summed E-state index contributed by atoms with van der Waals surface area (Å²) in [4.78, 5) is 14.2. The minimum atomic E-state index is -3.96. The van der Waals surface area contributed by atoms with Gasteiger partial charge >= 0.3 is 0 Å². The average molecular weight is 480 g/mol. The number of primary amides is 1. The Morgan fingerprint density at radius 1 is 1.12 bits per heavy atom. The maximum Gasteiger partial charge on any atom is 0.243 e. The van der Waals surface area contributed by atoms with Gasteiger partial charge in [0.15, 0.2) is 0 Å². The molecule has 1 heterocycles. The summed E-state index contributed by atoms with van der Waals surface area (Å²) in [6, 6.07) is 13.0. The van der Waals surface area contributed by atoms with Crippen LogP contribution in [0.3, 0.4) is 0 Å². The minimum Gasteiger partial charge on any atom is -0.497 e. The molecular formula is C22H29N3O5S2. The SMILES string of the molecule is COc1ccc(-c2ccc(S(=O)(=O)N(CCN3CCOCC3)[C@@H](CS)C(N)=O)cc2)cc1. The van der Waals surface area contributed by atoms with Crippen LogP contribution in [0.5, 0.6) is 5.75 Å². The van der Waals surface area contributed by atoms with Crippen LogP contribution in [-0.2, 0) is 19.6 Å². The zero-order valence-corrected chi connectivity index (χ0v) is 19.7. The molecule has 2 aromatic carbocycles. The minimum absolute atomic E-state index is 0.00159. The van der Waals surface area contributed by atoms with Crippen LogP contribution >= 0.6 is 12.6 Å². The van der Waals surface area contributed by atoms with E-state index in [0.29, 0.717) is 32.8 Å². The fourth-order valence-corrected chi connectivity index (χ4v) is 5.64. The molecule has 1 aliphatic rings. The number of carbonyl (C=O) groups is 1. The van der Waals surface area contributed by atoms with Gasteiger partial charge < -0.3 is 15.2 Å². The zero-order valence-electron chi connectivity index (χ0n) is 18.0. The fourth-order valence-electron chi connectivity index (χ4n) is 3.57. The van der Waals surface area contributed by atoms with Gasteiger partial charge in [-0.2, -0.15) is 16.9 Å². The van der Waals surface area contributed by atoms with Gasteiger partial charge in [-0.15, -0.1) is 0 Å². The van der Waals surface area contributed by atoms with Crippen LogP contribution in [0.2, 0.25) is 0 Å². The fraction of sp³-hybridized carbons (Fsp3) is 0.409. The zero-order chi connectivity index (χ0) is 23.1. The number of hydrogen-bond acceptors (Lipinski definition) is 7. The second kappa shape index (κ2) is 11.2. The Hall–Kier alpha value is -2.11. The number of sulfonamides is 1. The molecule has 174 valence electrons. The largest absolute Gasteiger partial charge is 0.497 e. The van der Waals surface area contributed by atoms with Crippen LogP contribution in [0.15, 0.2) is 53.4 Å². The number of nitrogens with two attached hydrogens (primary N) is 1. The average Bonchev–Trinajstić information content (AvgIpc) is 2.82. The molecule has 8 nitrogen and oxygen atoms in total. The first-order chi connectivity index (χ1) is 15.4. The molecule has 1 atom stereocenters. The summed E-state index contributed by atoms with van der Waals surface area (Å²) in [5.41, 5.74) is 7.32. The molecule has 32 heavy (non-hydrogen) atoms. The van der Waals surface area contributed by atoms with Gasteiger partial charge in [0, 0.05) is 31.9 Å². The van der Waals surface area contributed by atoms with Crippen molar-refractivity contribution in [3.05, 3.63) is 48.5 Å². The molecule has 1 fully saturated rings. The maximum atomic E-state index is 13.5. The molecule has 0 unspecified atom stereocenters.